The number of amides is 2. The SMILES string of the molecule is CC[C@H](C)NC(=O)[C@H](C)N(Cc1ccccc1)C(=O)CN(c1ccc(Br)cc1)S(=O)(=O)c1ccc(C)cc1. The summed E-state index contributed by atoms with van der Waals surface area (Å²) in [5.41, 5.74) is 2.10. The fourth-order valence-corrected chi connectivity index (χ4v) is 5.48. The number of halogens is 1. The molecule has 7 nitrogen and oxygen atoms in total. The van der Waals surface area contributed by atoms with Gasteiger partial charge in [-0.3, -0.25) is 13.9 Å². The Morgan fingerprint density at radius 3 is 2.11 bits per heavy atom. The van der Waals surface area contributed by atoms with Crippen molar-refractivity contribution in [1.82, 2.24) is 10.2 Å². The fraction of sp³-hybridized carbons (Fsp3) is 0.310. The van der Waals surface area contributed by atoms with Crippen LogP contribution in [0.15, 0.2) is 88.2 Å². The number of rotatable bonds is 11. The molecule has 0 unspecified atom stereocenters. The lowest BCUT2D eigenvalue weighted by Gasteiger charge is -2.32. The molecular weight excluding hydrogens is 566 g/mol. The number of carbonyl (C=O) groups excluding carboxylic acids is 2. The second-order valence-corrected chi connectivity index (χ2v) is 12.1. The number of benzene rings is 3. The molecule has 0 bridgehead atoms. The van der Waals surface area contributed by atoms with E-state index in [-0.39, 0.29) is 23.4 Å². The third kappa shape index (κ3) is 7.45. The van der Waals surface area contributed by atoms with Crippen molar-refractivity contribution in [2.75, 3.05) is 10.8 Å². The summed E-state index contributed by atoms with van der Waals surface area (Å²) in [6.45, 7) is 7.10. The number of hydrogen-bond donors (Lipinski definition) is 1. The lowest BCUT2D eigenvalue weighted by Crippen LogP contribution is -2.52. The van der Waals surface area contributed by atoms with E-state index in [0.717, 1.165) is 26.3 Å². The topological polar surface area (TPSA) is 86.8 Å². The second-order valence-electron chi connectivity index (χ2n) is 9.30. The quantitative estimate of drug-likeness (QED) is 0.324. The summed E-state index contributed by atoms with van der Waals surface area (Å²) < 4.78 is 29.5. The average Bonchev–Trinajstić information content (AvgIpc) is 2.91. The molecule has 0 aliphatic heterocycles. The van der Waals surface area contributed by atoms with Crippen LogP contribution in [0.25, 0.3) is 0 Å². The minimum absolute atomic E-state index is 0.0557. The van der Waals surface area contributed by atoms with Crippen molar-refractivity contribution in [3.63, 3.8) is 0 Å². The zero-order valence-corrected chi connectivity index (χ0v) is 24.5. The number of carbonyl (C=O) groups is 2. The Kier molecular flexibility index (Phi) is 10.1. The van der Waals surface area contributed by atoms with Crippen LogP contribution < -0.4 is 9.62 Å². The molecule has 0 radical (unpaired) electrons. The van der Waals surface area contributed by atoms with Gasteiger partial charge >= 0.3 is 0 Å². The van der Waals surface area contributed by atoms with Gasteiger partial charge in [-0.25, -0.2) is 8.42 Å². The summed E-state index contributed by atoms with van der Waals surface area (Å²) in [4.78, 5) is 28.4. The minimum atomic E-state index is -4.08. The molecule has 38 heavy (non-hydrogen) atoms. The van der Waals surface area contributed by atoms with Crippen molar-refractivity contribution >= 4 is 43.5 Å². The Morgan fingerprint density at radius 2 is 1.53 bits per heavy atom. The first-order valence-corrected chi connectivity index (χ1v) is 14.7. The Balaban J connectivity index is 2.00. The third-order valence-electron chi connectivity index (χ3n) is 6.37. The Labute approximate surface area is 234 Å². The highest BCUT2D eigenvalue weighted by atomic mass is 79.9. The van der Waals surface area contributed by atoms with Crippen LogP contribution in [0.2, 0.25) is 0 Å². The number of sulfonamides is 1. The number of aryl methyl sites for hydroxylation is 1. The average molecular weight is 601 g/mol. The van der Waals surface area contributed by atoms with Crippen LogP contribution in [0, 0.1) is 6.92 Å². The van der Waals surface area contributed by atoms with E-state index in [1.54, 1.807) is 43.3 Å². The molecule has 202 valence electrons. The number of anilines is 1. The molecule has 9 heteroatoms. The Morgan fingerprint density at radius 1 is 0.921 bits per heavy atom. The predicted octanol–water partition coefficient (Wildman–Crippen LogP) is 5.28. The van der Waals surface area contributed by atoms with Crippen LogP contribution in [0.5, 0.6) is 0 Å². The van der Waals surface area contributed by atoms with Gasteiger partial charge in [-0.2, -0.15) is 0 Å². The molecule has 0 saturated carbocycles. The van der Waals surface area contributed by atoms with Crippen molar-refractivity contribution < 1.29 is 18.0 Å². The molecule has 1 N–H and O–H groups in total. The molecule has 3 aromatic rings. The van der Waals surface area contributed by atoms with Crippen LogP contribution in [0.3, 0.4) is 0 Å². The number of nitrogens with zero attached hydrogens (tertiary/aromatic N) is 2. The normalized spacial score (nSPS) is 12.9. The molecular formula is C29H34BrN3O4S. The van der Waals surface area contributed by atoms with Gasteiger partial charge in [0, 0.05) is 17.1 Å². The van der Waals surface area contributed by atoms with Gasteiger partial charge < -0.3 is 10.2 Å². The van der Waals surface area contributed by atoms with E-state index in [4.69, 9.17) is 0 Å². The van der Waals surface area contributed by atoms with E-state index < -0.39 is 28.5 Å². The molecule has 3 rings (SSSR count). The van der Waals surface area contributed by atoms with E-state index in [0.29, 0.717) is 5.69 Å². The van der Waals surface area contributed by atoms with Crippen molar-refractivity contribution in [3.8, 4) is 0 Å². The summed E-state index contributed by atoms with van der Waals surface area (Å²) in [5, 5.41) is 2.93. The lowest BCUT2D eigenvalue weighted by molar-refractivity contribution is -0.139. The molecule has 2 amide bonds. The van der Waals surface area contributed by atoms with E-state index in [9.17, 15) is 18.0 Å². The molecule has 3 aromatic carbocycles. The Bertz CT molecular complexity index is 1330. The lowest BCUT2D eigenvalue weighted by atomic mass is 10.1. The molecule has 0 saturated heterocycles. The molecule has 0 aromatic heterocycles. The minimum Gasteiger partial charge on any atom is -0.352 e. The van der Waals surface area contributed by atoms with Crippen LogP contribution in [0.4, 0.5) is 5.69 Å². The summed E-state index contributed by atoms with van der Waals surface area (Å²) >= 11 is 3.38. The summed E-state index contributed by atoms with van der Waals surface area (Å²) in [6, 6.07) is 21.7. The third-order valence-corrected chi connectivity index (χ3v) is 8.68. The van der Waals surface area contributed by atoms with E-state index in [1.165, 1.54) is 17.0 Å². The molecule has 2 atom stereocenters. The molecule has 0 heterocycles. The van der Waals surface area contributed by atoms with Gasteiger partial charge in [0.05, 0.1) is 10.6 Å². The first-order valence-electron chi connectivity index (χ1n) is 12.5. The van der Waals surface area contributed by atoms with Gasteiger partial charge in [-0.05, 0) is 69.2 Å². The second kappa shape index (κ2) is 13.1. The highest BCUT2D eigenvalue weighted by Crippen LogP contribution is 2.26. The first-order chi connectivity index (χ1) is 18.0. The van der Waals surface area contributed by atoms with Crippen molar-refractivity contribution in [3.05, 3.63) is 94.5 Å². The van der Waals surface area contributed by atoms with Crippen molar-refractivity contribution in [1.29, 1.82) is 0 Å². The van der Waals surface area contributed by atoms with Crippen molar-refractivity contribution in [2.45, 2.75) is 57.6 Å². The zero-order chi connectivity index (χ0) is 27.9. The summed E-state index contributed by atoms with van der Waals surface area (Å²) in [5.74, 6) is -0.778. The summed E-state index contributed by atoms with van der Waals surface area (Å²) in [6.07, 6.45) is 0.747. The van der Waals surface area contributed by atoms with E-state index in [1.807, 2.05) is 51.1 Å². The zero-order valence-electron chi connectivity index (χ0n) is 22.1. The van der Waals surface area contributed by atoms with Crippen molar-refractivity contribution in [2.24, 2.45) is 0 Å². The maximum Gasteiger partial charge on any atom is 0.264 e. The van der Waals surface area contributed by atoms with E-state index >= 15 is 0 Å². The monoisotopic (exact) mass is 599 g/mol. The van der Waals surface area contributed by atoms with Crippen LogP contribution in [-0.2, 0) is 26.2 Å². The predicted molar refractivity (Wildman–Crippen MR) is 154 cm³/mol. The van der Waals surface area contributed by atoms with Gasteiger partial charge in [0.1, 0.15) is 12.6 Å². The highest BCUT2D eigenvalue weighted by molar-refractivity contribution is 9.10. The fourth-order valence-electron chi connectivity index (χ4n) is 3.80. The Hall–Kier alpha value is -3.17. The molecule has 0 aliphatic rings. The molecule has 0 fully saturated rings. The maximum absolute atomic E-state index is 13.9. The number of hydrogen-bond acceptors (Lipinski definition) is 4. The van der Waals surface area contributed by atoms with Gasteiger partial charge in [-0.15, -0.1) is 0 Å². The largest absolute Gasteiger partial charge is 0.352 e. The van der Waals surface area contributed by atoms with Gasteiger partial charge in [0.15, 0.2) is 0 Å². The number of nitrogens with one attached hydrogen (secondary N) is 1. The molecule has 0 spiro atoms. The smallest absolute Gasteiger partial charge is 0.264 e. The molecule has 0 aliphatic carbocycles. The maximum atomic E-state index is 13.9. The van der Waals surface area contributed by atoms with Crippen LogP contribution >= 0.6 is 15.9 Å². The van der Waals surface area contributed by atoms with Gasteiger partial charge in [0.25, 0.3) is 10.0 Å². The van der Waals surface area contributed by atoms with Gasteiger partial charge in [0.2, 0.25) is 11.8 Å². The van der Waals surface area contributed by atoms with Gasteiger partial charge in [-0.1, -0.05) is 70.9 Å². The first kappa shape index (κ1) is 29.4. The van der Waals surface area contributed by atoms with Crippen LogP contribution in [-0.4, -0.2) is 43.8 Å². The highest BCUT2D eigenvalue weighted by Gasteiger charge is 2.32. The van der Waals surface area contributed by atoms with Crippen LogP contribution in [0.1, 0.15) is 38.3 Å². The standard InChI is InChI=1S/C29H34BrN3O4S/c1-5-22(3)31-29(35)23(4)32(19-24-9-7-6-8-10-24)28(34)20-33(26-15-13-25(30)14-16-26)38(36,37)27-17-11-21(2)12-18-27/h6-18,22-23H,5,19-20H2,1-4H3,(H,31,35)/t22-,23-/m0/s1. The van der Waals surface area contributed by atoms with E-state index in [2.05, 4.69) is 21.2 Å². The summed E-state index contributed by atoms with van der Waals surface area (Å²) in [7, 11) is -4.08.